The van der Waals surface area contributed by atoms with Crippen LogP contribution in [0.5, 0.6) is 0 Å². The van der Waals surface area contributed by atoms with Gasteiger partial charge < -0.3 is 4.74 Å². The van der Waals surface area contributed by atoms with E-state index in [1.807, 2.05) is 60.7 Å². The van der Waals surface area contributed by atoms with E-state index in [-0.39, 0.29) is 13.0 Å². The number of aromatic nitrogens is 3. The van der Waals surface area contributed by atoms with Crippen molar-refractivity contribution < 1.29 is 9.53 Å². The zero-order chi connectivity index (χ0) is 17.5. The maximum Gasteiger partial charge on any atom is 0.320 e. The molecular formula is C19H14N4O2. The van der Waals surface area contributed by atoms with Gasteiger partial charge in [-0.1, -0.05) is 60.7 Å². The summed E-state index contributed by atoms with van der Waals surface area (Å²) in [6.45, 7) is -0.108. The van der Waals surface area contributed by atoms with Crippen molar-refractivity contribution in [3.8, 4) is 28.8 Å². The molecule has 122 valence electrons. The molecule has 0 bridgehead atoms. The van der Waals surface area contributed by atoms with E-state index >= 15 is 0 Å². The van der Waals surface area contributed by atoms with E-state index in [4.69, 9.17) is 10.00 Å². The number of carbonyl (C=O) groups excluding carboxylic acids is 1. The normalized spacial score (nSPS) is 10.0. The largest absolute Gasteiger partial charge is 0.457 e. The highest BCUT2D eigenvalue weighted by Gasteiger charge is 2.12. The summed E-state index contributed by atoms with van der Waals surface area (Å²) in [5.41, 5.74) is 1.68. The monoisotopic (exact) mass is 330 g/mol. The van der Waals surface area contributed by atoms with E-state index in [0.29, 0.717) is 17.5 Å². The molecule has 0 aliphatic rings. The Morgan fingerprint density at radius 3 is 1.88 bits per heavy atom. The standard InChI is InChI=1S/C19H14N4O2/c20-12-11-17(24)25-13-16-21-18(14-7-3-1-4-8-14)23-19(22-16)15-9-5-2-6-10-15/h1-10H,11,13H2. The lowest BCUT2D eigenvalue weighted by Crippen LogP contribution is -2.08. The molecule has 0 N–H and O–H groups in total. The number of rotatable bonds is 5. The van der Waals surface area contributed by atoms with E-state index < -0.39 is 5.97 Å². The van der Waals surface area contributed by atoms with E-state index in [1.54, 1.807) is 6.07 Å². The molecule has 6 heteroatoms. The maximum atomic E-state index is 11.4. The van der Waals surface area contributed by atoms with Crippen molar-refractivity contribution >= 4 is 5.97 Å². The first-order chi connectivity index (χ1) is 12.3. The molecule has 0 unspecified atom stereocenters. The third-order valence-electron chi connectivity index (χ3n) is 3.33. The zero-order valence-electron chi connectivity index (χ0n) is 13.3. The minimum absolute atomic E-state index is 0.108. The van der Waals surface area contributed by atoms with Crippen LogP contribution in [0.3, 0.4) is 0 Å². The predicted octanol–water partition coefficient (Wildman–Crippen LogP) is 3.16. The van der Waals surface area contributed by atoms with Gasteiger partial charge in [0, 0.05) is 11.1 Å². The quantitative estimate of drug-likeness (QED) is 0.668. The number of nitriles is 1. The highest BCUT2D eigenvalue weighted by atomic mass is 16.5. The second kappa shape index (κ2) is 7.79. The van der Waals surface area contributed by atoms with E-state index in [1.165, 1.54) is 0 Å². The summed E-state index contributed by atoms with van der Waals surface area (Å²) in [7, 11) is 0. The SMILES string of the molecule is N#CCC(=O)OCc1nc(-c2ccccc2)nc(-c2ccccc2)n1. The maximum absolute atomic E-state index is 11.4. The summed E-state index contributed by atoms with van der Waals surface area (Å²) >= 11 is 0. The van der Waals surface area contributed by atoms with Crippen LogP contribution in [0.1, 0.15) is 12.2 Å². The number of esters is 1. The summed E-state index contributed by atoms with van der Waals surface area (Å²) in [6.07, 6.45) is -0.303. The van der Waals surface area contributed by atoms with Crippen LogP contribution in [-0.2, 0) is 16.1 Å². The lowest BCUT2D eigenvalue weighted by atomic mass is 10.2. The Balaban J connectivity index is 1.97. The lowest BCUT2D eigenvalue weighted by molar-refractivity contribution is -0.143. The fourth-order valence-electron chi connectivity index (χ4n) is 2.18. The van der Waals surface area contributed by atoms with Crippen molar-refractivity contribution in [3.63, 3.8) is 0 Å². The van der Waals surface area contributed by atoms with E-state index in [0.717, 1.165) is 11.1 Å². The molecule has 2 aromatic carbocycles. The molecule has 0 atom stereocenters. The Bertz CT molecular complexity index is 848. The first-order valence-electron chi connectivity index (χ1n) is 7.64. The van der Waals surface area contributed by atoms with Gasteiger partial charge in [0.1, 0.15) is 6.42 Å². The molecule has 0 amide bonds. The van der Waals surface area contributed by atoms with Gasteiger partial charge in [-0.05, 0) is 0 Å². The molecular weight excluding hydrogens is 316 g/mol. The summed E-state index contributed by atoms with van der Waals surface area (Å²) in [4.78, 5) is 24.7. The Hall–Kier alpha value is -3.59. The van der Waals surface area contributed by atoms with Crippen LogP contribution in [-0.4, -0.2) is 20.9 Å². The van der Waals surface area contributed by atoms with Gasteiger partial charge in [0.25, 0.3) is 0 Å². The van der Waals surface area contributed by atoms with Gasteiger partial charge in [-0.3, -0.25) is 4.79 Å². The molecule has 0 aliphatic heterocycles. The van der Waals surface area contributed by atoms with Gasteiger partial charge in [-0.25, -0.2) is 15.0 Å². The van der Waals surface area contributed by atoms with Gasteiger partial charge in [0.05, 0.1) is 6.07 Å². The average molecular weight is 330 g/mol. The average Bonchev–Trinajstić information content (AvgIpc) is 2.68. The number of benzene rings is 2. The zero-order valence-corrected chi connectivity index (χ0v) is 13.3. The smallest absolute Gasteiger partial charge is 0.320 e. The van der Waals surface area contributed by atoms with Crippen LogP contribution in [0.4, 0.5) is 0 Å². The molecule has 25 heavy (non-hydrogen) atoms. The highest BCUT2D eigenvalue weighted by Crippen LogP contribution is 2.20. The molecule has 1 aromatic heterocycles. The molecule has 0 radical (unpaired) electrons. The van der Waals surface area contributed by atoms with Gasteiger partial charge in [-0.2, -0.15) is 5.26 Å². The summed E-state index contributed by atoms with van der Waals surface area (Å²) in [5, 5.41) is 8.53. The Kier molecular flexibility index (Phi) is 5.07. The van der Waals surface area contributed by atoms with Crippen LogP contribution in [0.15, 0.2) is 60.7 Å². The number of hydrogen-bond acceptors (Lipinski definition) is 6. The number of nitrogens with zero attached hydrogens (tertiary/aromatic N) is 4. The molecule has 1 heterocycles. The van der Waals surface area contributed by atoms with Gasteiger partial charge in [0.2, 0.25) is 0 Å². The molecule has 0 spiro atoms. The van der Waals surface area contributed by atoms with E-state index in [2.05, 4.69) is 15.0 Å². The molecule has 6 nitrogen and oxygen atoms in total. The van der Waals surface area contributed by atoms with Crippen molar-refractivity contribution in [1.82, 2.24) is 15.0 Å². The second-order valence-electron chi connectivity index (χ2n) is 5.13. The van der Waals surface area contributed by atoms with Crippen molar-refractivity contribution in [2.45, 2.75) is 13.0 Å². The molecule has 0 saturated heterocycles. The van der Waals surface area contributed by atoms with E-state index in [9.17, 15) is 4.79 Å². The predicted molar refractivity (Wildman–Crippen MR) is 90.7 cm³/mol. The second-order valence-corrected chi connectivity index (χ2v) is 5.13. The fraction of sp³-hybridized carbons (Fsp3) is 0.105. The summed E-state index contributed by atoms with van der Waals surface area (Å²) in [6, 6.07) is 20.8. The minimum Gasteiger partial charge on any atom is -0.457 e. The molecule has 0 aliphatic carbocycles. The molecule has 0 fully saturated rings. The van der Waals surface area contributed by atoms with Crippen molar-refractivity contribution in [3.05, 3.63) is 66.5 Å². The van der Waals surface area contributed by atoms with Gasteiger partial charge in [0.15, 0.2) is 24.1 Å². The third kappa shape index (κ3) is 4.24. The molecule has 3 rings (SSSR count). The Labute approximate surface area is 144 Å². The topological polar surface area (TPSA) is 88.8 Å². The van der Waals surface area contributed by atoms with Crippen LogP contribution >= 0.6 is 0 Å². The van der Waals surface area contributed by atoms with Gasteiger partial charge >= 0.3 is 5.97 Å². The summed E-state index contributed by atoms with van der Waals surface area (Å²) < 4.78 is 5.04. The molecule has 3 aromatic rings. The number of hydrogen-bond donors (Lipinski definition) is 0. The molecule has 0 saturated carbocycles. The first kappa shape index (κ1) is 16.3. The van der Waals surface area contributed by atoms with Crippen LogP contribution < -0.4 is 0 Å². The Morgan fingerprint density at radius 1 is 0.880 bits per heavy atom. The number of carbonyl (C=O) groups is 1. The van der Waals surface area contributed by atoms with Crippen molar-refractivity contribution in [2.75, 3.05) is 0 Å². The van der Waals surface area contributed by atoms with Crippen molar-refractivity contribution in [1.29, 1.82) is 5.26 Å². The van der Waals surface area contributed by atoms with Crippen LogP contribution in [0.25, 0.3) is 22.8 Å². The third-order valence-corrected chi connectivity index (χ3v) is 3.33. The van der Waals surface area contributed by atoms with Crippen LogP contribution in [0.2, 0.25) is 0 Å². The summed E-state index contributed by atoms with van der Waals surface area (Å²) in [5.74, 6) is 0.728. The lowest BCUT2D eigenvalue weighted by Gasteiger charge is -2.08. The van der Waals surface area contributed by atoms with Crippen LogP contribution in [0, 0.1) is 11.3 Å². The van der Waals surface area contributed by atoms with Crippen molar-refractivity contribution in [2.24, 2.45) is 0 Å². The van der Waals surface area contributed by atoms with Gasteiger partial charge in [-0.15, -0.1) is 0 Å². The number of ether oxygens (including phenoxy) is 1. The highest BCUT2D eigenvalue weighted by molar-refractivity contribution is 5.71. The minimum atomic E-state index is -0.606. The first-order valence-corrected chi connectivity index (χ1v) is 7.64. The fourth-order valence-corrected chi connectivity index (χ4v) is 2.18. The Morgan fingerprint density at radius 2 is 1.40 bits per heavy atom.